The molecule has 4 aromatic carbocycles. The van der Waals surface area contributed by atoms with Crippen LogP contribution >= 0.6 is 0 Å². The topological polar surface area (TPSA) is 285 Å². The van der Waals surface area contributed by atoms with Crippen molar-refractivity contribution in [2.75, 3.05) is 57.7 Å². The van der Waals surface area contributed by atoms with Gasteiger partial charge in [-0.2, -0.15) is 30.8 Å². The molecule has 5 aliphatic rings. The van der Waals surface area contributed by atoms with Gasteiger partial charge in [0.15, 0.2) is 12.2 Å². The highest BCUT2D eigenvalue weighted by Crippen LogP contribution is 2.44. The number of aromatic amines is 3. The molecule has 5 amide bonds. The third-order valence-corrected chi connectivity index (χ3v) is 18.5. The minimum absolute atomic E-state index is 0.0345. The van der Waals surface area contributed by atoms with Crippen molar-refractivity contribution in [1.82, 2.24) is 69.9 Å². The minimum atomic E-state index is -1.01. The van der Waals surface area contributed by atoms with Crippen LogP contribution in [-0.2, 0) is 42.2 Å². The Kier molecular flexibility index (Phi) is 16.8. The maximum Gasteiger partial charge on any atom is 0.412 e. The molecule has 5 aliphatic heterocycles. The lowest BCUT2D eigenvalue weighted by atomic mass is 9.82. The Hall–Kier alpha value is -10.0. The normalized spacial score (nSPS) is 17.9. The van der Waals surface area contributed by atoms with Crippen molar-refractivity contribution in [3.05, 3.63) is 171 Å². The largest absolute Gasteiger partial charge is 0.438 e. The van der Waals surface area contributed by atoms with Crippen molar-refractivity contribution in [2.45, 2.75) is 114 Å². The summed E-state index contributed by atoms with van der Waals surface area (Å²) in [5, 5.41) is 24.9. The van der Waals surface area contributed by atoms with Crippen LogP contribution in [0.25, 0.3) is 33.1 Å². The number of likely N-dealkylation sites (tertiary alicyclic amines) is 4. The number of pyridine rings is 2. The van der Waals surface area contributed by atoms with Crippen LogP contribution in [-0.4, -0.2) is 165 Å². The van der Waals surface area contributed by atoms with Gasteiger partial charge in [-0.1, -0.05) is 54.6 Å². The fourth-order valence-corrected chi connectivity index (χ4v) is 13.8. The number of carbonyl (C=O) groups is 5. The molecule has 0 radical (unpaired) electrons. The Morgan fingerprint density at radius 3 is 1.60 bits per heavy atom. The maximum absolute atomic E-state index is 14.0. The highest BCUT2D eigenvalue weighted by Gasteiger charge is 2.46. The number of hydrogen-bond acceptors (Lipinski definition) is 15. The summed E-state index contributed by atoms with van der Waals surface area (Å²) < 4.78 is 19.7. The van der Waals surface area contributed by atoms with E-state index in [1.807, 2.05) is 128 Å². The van der Waals surface area contributed by atoms with E-state index < -0.39 is 36.1 Å². The van der Waals surface area contributed by atoms with Gasteiger partial charge in [0, 0.05) is 125 Å². The first-order valence-corrected chi connectivity index (χ1v) is 31.0. The summed E-state index contributed by atoms with van der Waals surface area (Å²) in [4.78, 5) is 99.0. The van der Waals surface area contributed by atoms with Crippen LogP contribution in [0.4, 0.5) is 20.1 Å². The summed E-state index contributed by atoms with van der Waals surface area (Å²) in [6, 6.07) is 34.7. The zero-order chi connectivity index (χ0) is 61.9. The number of aromatic nitrogens is 10. The summed E-state index contributed by atoms with van der Waals surface area (Å²) in [5.74, 6) is 0.166. The van der Waals surface area contributed by atoms with Crippen LogP contribution in [0.5, 0.6) is 0 Å². The predicted molar refractivity (Wildman–Crippen MR) is 332 cm³/mol. The van der Waals surface area contributed by atoms with Crippen molar-refractivity contribution in [1.29, 1.82) is 0 Å². The molecule has 4 saturated heterocycles. The summed E-state index contributed by atoms with van der Waals surface area (Å²) in [7, 11) is 0. The number of hydrogen-bond donors (Lipinski definition) is 4. The number of anilines is 1. The molecule has 0 aliphatic carbocycles. The van der Waals surface area contributed by atoms with Crippen molar-refractivity contribution in [2.24, 2.45) is 0 Å². The lowest BCUT2D eigenvalue weighted by Gasteiger charge is -2.44. The number of piperidine rings is 4. The molecule has 9 aromatic rings. The molecule has 464 valence electrons. The predicted octanol–water partition coefficient (Wildman–Crippen LogP) is 8.76. The first kappa shape index (κ1) is 59.0. The first-order chi connectivity index (χ1) is 43.8. The molecular formula is C66H71N15O9. The minimum Gasteiger partial charge on any atom is -0.438 e. The van der Waals surface area contributed by atoms with Crippen LogP contribution in [0.15, 0.2) is 126 Å². The van der Waals surface area contributed by atoms with E-state index in [1.54, 1.807) is 31.7 Å². The summed E-state index contributed by atoms with van der Waals surface area (Å²) in [6.07, 6.45) is 5.72. The van der Waals surface area contributed by atoms with Crippen molar-refractivity contribution in [3.8, 4) is 0 Å². The molecule has 14 rings (SSSR count). The highest BCUT2D eigenvalue weighted by atomic mass is 16.6. The number of amides is 5. The third-order valence-electron chi connectivity index (χ3n) is 18.5. The molecule has 1 spiro atoms. The zero-order valence-electron chi connectivity index (χ0n) is 50.3. The number of nitrogens with zero attached hydrogens (tertiary/aromatic N) is 11. The number of aryl methyl sites for hydroxylation is 2. The average molecular weight is 1220 g/mol. The molecule has 90 heavy (non-hydrogen) atoms. The quantitative estimate of drug-likeness (QED) is 0.0881. The Labute approximate surface area is 517 Å². The summed E-state index contributed by atoms with van der Waals surface area (Å²) in [6.45, 7) is 7.63. The number of ether oxygens (including phenoxy) is 3. The van der Waals surface area contributed by atoms with Gasteiger partial charge >= 0.3 is 24.0 Å². The molecule has 0 saturated carbocycles. The second-order valence-corrected chi connectivity index (χ2v) is 24.1. The number of carbonyl (C=O) groups excluding carboxylic acids is 5. The average Bonchev–Trinajstić information content (AvgIpc) is 1.01. The van der Waals surface area contributed by atoms with Gasteiger partial charge in [-0.15, -0.1) is 0 Å². The number of fused-ring (bicyclic) bond motifs is 5. The second-order valence-electron chi connectivity index (χ2n) is 24.1. The molecule has 4 N–H and O–H groups in total. The van der Waals surface area contributed by atoms with E-state index in [-0.39, 0.29) is 42.3 Å². The fraction of sp³-hybridized carbons (Fsp3) is 0.394. The van der Waals surface area contributed by atoms with Gasteiger partial charge in [-0.25, -0.2) is 19.2 Å². The molecule has 24 nitrogen and oxygen atoms in total. The number of rotatable bonds is 11. The van der Waals surface area contributed by atoms with Crippen molar-refractivity contribution < 1.29 is 38.2 Å². The van der Waals surface area contributed by atoms with Crippen molar-refractivity contribution in [3.63, 3.8) is 0 Å². The SMILES string of the molecule is Cc1cc(CC(OC(=O)N2CCC(n3c(=O)[nH]c4ccccc43)CC2)C(=O)N2CCC(c3ccccn3)CC2)cc2n[nH]nc12.Cc1cc(CC(OC(=O)N2CCC3(CC2)OC(=O)Nc2ccccc23)C(=O)N2CCC(c3ccccn3)CC2)cc2n[nH]nc12. The highest BCUT2D eigenvalue weighted by molar-refractivity contribution is 5.89. The van der Waals surface area contributed by atoms with Gasteiger partial charge in [0.2, 0.25) is 0 Å². The van der Waals surface area contributed by atoms with Crippen LogP contribution in [0.3, 0.4) is 0 Å². The maximum atomic E-state index is 14.0. The summed E-state index contributed by atoms with van der Waals surface area (Å²) >= 11 is 0. The number of H-pyrrole nitrogens is 3. The van der Waals surface area contributed by atoms with Gasteiger partial charge in [0.1, 0.15) is 27.7 Å². The van der Waals surface area contributed by atoms with E-state index in [0.29, 0.717) is 95.0 Å². The second kappa shape index (κ2) is 25.6. The molecule has 2 unspecified atom stereocenters. The number of para-hydroxylation sites is 3. The monoisotopic (exact) mass is 1220 g/mol. The lowest BCUT2D eigenvalue weighted by molar-refractivity contribution is -0.142. The Bertz CT molecular complexity index is 4140. The molecule has 2 atom stereocenters. The summed E-state index contributed by atoms with van der Waals surface area (Å²) in [5.41, 5.74) is 10.9. The molecule has 4 fully saturated rings. The Morgan fingerprint density at radius 1 is 0.578 bits per heavy atom. The number of benzene rings is 4. The van der Waals surface area contributed by atoms with E-state index in [1.165, 1.54) is 0 Å². The Balaban J connectivity index is 0.000000165. The van der Waals surface area contributed by atoms with E-state index >= 15 is 0 Å². The third kappa shape index (κ3) is 12.4. The zero-order valence-corrected chi connectivity index (χ0v) is 50.3. The van der Waals surface area contributed by atoms with Crippen LogP contribution < -0.4 is 11.0 Å². The molecule has 24 heteroatoms. The van der Waals surface area contributed by atoms with Crippen LogP contribution in [0, 0.1) is 13.8 Å². The van der Waals surface area contributed by atoms with Gasteiger partial charge in [-0.3, -0.25) is 29.4 Å². The number of nitrogens with one attached hydrogen (secondary N) is 4. The van der Waals surface area contributed by atoms with E-state index in [0.717, 1.165) is 92.6 Å². The van der Waals surface area contributed by atoms with Crippen LogP contribution in [0.2, 0.25) is 0 Å². The van der Waals surface area contributed by atoms with E-state index in [9.17, 15) is 28.8 Å². The van der Waals surface area contributed by atoms with Gasteiger partial charge in [0.05, 0.1) is 16.7 Å². The van der Waals surface area contributed by atoms with Gasteiger partial charge in [0.25, 0.3) is 11.8 Å². The van der Waals surface area contributed by atoms with Crippen molar-refractivity contribution >= 4 is 68.9 Å². The Morgan fingerprint density at radius 2 is 1.07 bits per heavy atom. The van der Waals surface area contributed by atoms with E-state index in [4.69, 9.17) is 14.2 Å². The number of imidazole rings is 1. The van der Waals surface area contributed by atoms with Crippen LogP contribution in [0.1, 0.15) is 108 Å². The van der Waals surface area contributed by atoms with Gasteiger partial charge < -0.3 is 38.8 Å². The molecule has 5 aromatic heterocycles. The lowest BCUT2D eigenvalue weighted by Crippen LogP contribution is -2.51. The molecule has 0 bridgehead atoms. The first-order valence-electron chi connectivity index (χ1n) is 31.0. The standard InChI is InChI=1S/C33H36N8O4.C33H35N7O5/c1-21-18-22(19-27-30(21)37-38-36-27)20-29(31(42)39-14-9-23(10-15-39)25-6-4-5-13-34-25)45-33(44)40-16-11-24(12-17-40)41-28-8-3-2-7-26(28)35-32(41)43;1-21-18-22(19-27-29(21)37-38-36-27)20-28(30(41)39-14-9-23(10-15-39)25-7-4-5-13-34-25)44-32(43)40-16-11-33(12-17-40)24-6-2-3-8-26(24)35-31(42)45-33/h2-8,13,18-19,23-24,29H,9-12,14-17,20H2,1H3,(H,35,43)(H,36,37,38);2-8,13,18-19,23,28H,9-12,14-17,20H2,1H3,(H,35,42)(H,36,37,38). The molecular weight excluding hydrogens is 1150 g/mol. The van der Waals surface area contributed by atoms with E-state index in [2.05, 4.69) is 51.1 Å². The molecule has 10 heterocycles. The smallest absolute Gasteiger partial charge is 0.412 e. The van der Waals surface area contributed by atoms with Gasteiger partial charge in [-0.05, 0) is 129 Å². The fourth-order valence-electron chi connectivity index (χ4n) is 13.8.